The zero-order valence-corrected chi connectivity index (χ0v) is 51.1. The third kappa shape index (κ3) is 15.2. The van der Waals surface area contributed by atoms with E-state index in [9.17, 15) is 26.3 Å². The molecule has 6 fully saturated rings. The van der Waals surface area contributed by atoms with Gasteiger partial charge in [-0.1, -0.05) is 72.1 Å². The van der Waals surface area contributed by atoms with Crippen molar-refractivity contribution >= 4 is 0 Å². The van der Waals surface area contributed by atoms with Gasteiger partial charge in [0.2, 0.25) is 23.3 Å². The number of ether oxygens (including phenoxy) is 4. The van der Waals surface area contributed by atoms with Crippen molar-refractivity contribution in [1.29, 1.82) is 0 Å². The lowest BCUT2D eigenvalue weighted by Crippen LogP contribution is -2.27. The van der Waals surface area contributed by atoms with E-state index >= 15 is 0 Å². The van der Waals surface area contributed by atoms with Crippen molar-refractivity contribution in [3.63, 3.8) is 0 Å². The van der Waals surface area contributed by atoms with Gasteiger partial charge >= 0.3 is 0 Å². The summed E-state index contributed by atoms with van der Waals surface area (Å²) in [4.78, 5) is 0. The molecule has 0 spiro atoms. The van der Waals surface area contributed by atoms with Gasteiger partial charge < -0.3 is 18.9 Å². The maximum Gasteiger partial charge on any atom is 0.204 e. The van der Waals surface area contributed by atoms with Crippen molar-refractivity contribution in [3.8, 4) is 23.0 Å². The summed E-state index contributed by atoms with van der Waals surface area (Å²) in [6.07, 6.45) is 37.5. The van der Waals surface area contributed by atoms with E-state index in [1.165, 1.54) is 128 Å². The molecule has 6 saturated carbocycles. The van der Waals surface area contributed by atoms with E-state index < -0.39 is 34.9 Å². The molecular weight excluding hydrogens is 1040 g/mol. The Balaban J connectivity index is 0.000000138. The smallest absolute Gasteiger partial charge is 0.204 e. The molecule has 3 aromatic rings. The molecule has 82 heavy (non-hydrogen) atoms. The van der Waals surface area contributed by atoms with Crippen molar-refractivity contribution in [2.45, 2.75) is 271 Å². The quantitative estimate of drug-likeness (QED) is 0.190. The predicted octanol–water partition coefficient (Wildman–Crippen LogP) is 20.7. The lowest BCUT2D eigenvalue weighted by molar-refractivity contribution is 0.123. The average Bonchev–Trinajstić information content (AvgIpc) is 3.58. The highest BCUT2D eigenvalue weighted by Gasteiger charge is 2.36. The van der Waals surface area contributed by atoms with Crippen LogP contribution in [0.4, 0.5) is 26.3 Å². The molecule has 4 nitrogen and oxygen atoms in total. The van der Waals surface area contributed by atoms with Crippen LogP contribution in [0.15, 0.2) is 18.2 Å². The Labute approximate surface area is 490 Å². The SMILES string of the molecule is CC1CCC(C2CCC(CCc3cc4c(c(F)c3F)OC(C)CC4)CC2)CC1.CC1CCC(C2CCC(COc3cc4c(c(F)c3F)OC(C)CC4)CC2)CC1.CC1CCC(C2CCC(c3cc4c(c(F)c3F)OC(C)CC4)CC2)CC1. The molecule has 3 heterocycles. The number of rotatable bonds is 10. The molecular formula is C72H102F6O4. The Morgan fingerprint density at radius 1 is 0.366 bits per heavy atom. The second-order valence-electron chi connectivity index (χ2n) is 28.7. The number of fused-ring (bicyclic) bond motifs is 3. The second-order valence-corrected chi connectivity index (χ2v) is 28.7. The monoisotopic (exact) mass is 1140 g/mol. The topological polar surface area (TPSA) is 36.9 Å². The molecule has 12 rings (SSSR count). The number of aryl methyl sites for hydroxylation is 4. The minimum absolute atomic E-state index is 0.0316. The van der Waals surface area contributed by atoms with Gasteiger partial charge in [0.25, 0.3) is 0 Å². The van der Waals surface area contributed by atoms with Crippen LogP contribution in [0.25, 0.3) is 0 Å². The molecule has 0 N–H and O–H groups in total. The van der Waals surface area contributed by atoms with Gasteiger partial charge in [-0.3, -0.25) is 0 Å². The van der Waals surface area contributed by atoms with E-state index in [1.807, 2.05) is 32.9 Å². The molecule has 3 atom stereocenters. The highest BCUT2D eigenvalue weighted by atomic mass is 19.2. The molecule has 456 valence electrons. The summed E-state index contributed by atoms with van der Waals surface area (Å²) in [5.41, 5.74) is 3.60. The molecule has 10 heteroatoms. The maximum absolute atomic E-state index is 14.7. The average molecular weight is 1150 g/mol. The first-order valence-corrected chi connectivity index (χ1v) is 33.7. The van der Waals surface area contributed by atoms with Crippen molar-refractivity contribution < 1.29 is 45.3 Å². The molecule has 0 amide bonds. The third-order valence-corrected chi connectivity index (χ3v) is 22.7. The molecule has 9 aliphatic rings. The van der Waals surface area contributed by atoms with Gasteiger partial charge in [0.1, 0.15) is 0 Å². The van der Waals surface area contributed by atoms with Crippen molar-refractivity contribution in [2.24, 2.45) is 65.1 Å². The van der Waals surface area contributed by atoms with Crippen LogP contribution >= 0.6 is 0 Å². The zero-order chi connectivity index (χ0) is 57.6. The van der Waals surface area contributed by atoms with Crippen LogP contribution in [0.3, 0.4) is 0 Å². The predicted molar refractivity (Wildman–Crippen MR) is 317 cm³/mol. The summed E-state index contributed by atoms with van der Waals surface area (Å²) in [5.74, 6) is 5.10. The summed E-state index contributed by atoms with van der Waals surface area (Å²) in [6, 6.07) is 5.43. The van der Waals surface area contributed by atoms with Crippen LogP contribution in [-0.2, 0) is 25.7 Å². The number of hydrogen-bond acceptors (Lipinski definition) is 4. The van der Waals surface area contributed by atoms with Gasteiger partial charge in [0, 0.05) is 5.56 Å². The summed E-state index contributed by atoms with van der Waals surface area (Å²) < 4.78 is 110. The first-order valence-electron chi connectivity index (χ1n) is 33.7. The van der Waals surface area contributed by atoms with Crippen molar-refractivity contribution in [3.05, 3.63) is 80.9 Å². The Bertz CT molecular complexity index is 2420. The number of hydrogen-bond donors (Lipinski definition) is 0. The van der Waals surface area contributed by atoms with Crippen LogP contribution < -0.4 is 18.9 Å². The summed E-state index contributed by atoms with van der Waals surface area (Å²) >= 11 is 0. The first kappa shape index (κ1) is 61.5. The number of halogens is 6. The molecule has 0 radical (unpaired) electrons. The maximum atomic E-state index is 14.7. The van der Waals surface area contributed by atoms with Crippen molar-refractivity contribution in [1.82, 2.24) is 0 Å². The van der Waals surface area contributed by atoms with Crippen LogP contribution in [0.1, 0.15) is 255 Å². The molecule has 3 aromatic carbocycles. The van der Waals surface area contributed by atoms with Crippen LogP contribution in [0.2, 0.25) is 0 Å². The van der Waals surface area contributed by atoms with E-state index in [4.69, 9.17) is 18.9 Å². The van der Waals surface area contributed by atoms with Crippen LogP contribution in [-0.4, -0.2) is 24.9 Å². The molecule has 3 unspecified atom stereocenters. The first-order chi connectivity index (χ1) is 39.5. The highest BCUT2D eigenvalue weighted by Crippen LogP contribution is 2.48. The fourth-order valence-electron chi connectivity index (χ4n) is 16.9. The van der Waals surface area contributed by atoms with Gasteiger partial charge in [0.15, 0.2) is 34.6 Å². The van der Waals surface area contributed by atoms with Gasteiger partial charge in [-0.15, -0.1) is 0 Å². The second kappa shape index (κ2) is 28.3. The van der Waals surface area contributed by atoms with E-state index in [1.54, 1.807) is 6.07 Å². The lowest BCUT2D eigenvalue weighted by Gasteiger charge is -2.37. The van der Waals surface area contributed by atoms with Gasteiger partial charge in [0.05, 0.1) is 24.9 Å². The Kier molecular flexibility index (Phi) is 21.2. The molecule has 0 saturated heterocycles. The molecule has 0 bridgehead atoms. The van der Waals surface area contributed by atoms with Crippen molar-refractivity contribution in [2.75, 3.05) is 6.61 Å². The van der Waals surface area contributed by atoms with Crippen LogP contribution in [0.5, 0.6) is 23.0 Å². The Morgan fingerprint density at radius 3 is 1.16 bits per heavy atom. The van der Waals surface area contributed by atoms with E-state index in [-0.39, 0.29) is 47.2 Å². The Hall–Kier alpha value is -3.56. The minimum Gasteiger partial charge on any atom is -0.490 e. The standard InChI is InChI=1S/C25H36F2O.C24H34F2O2.C23H32F2O/c1-16-3-9-19(10-4-16)20-12-6-18(7-13-20)8-14-21-15-22-11-5-17(2)28-25(22)24(27)23(21)26;1-15-3-8-18(9-4-15)19-11-6-17(7-12-19)14-27-21-13-20-10-5-16(2)28-24(20)23(26)22(21)25;1-14-3-6-16(7-4-14)17-9-11-18(12-10-17)20-13-19-8-5-15(2)26-23(19)22(25)21(20)24/h15-20H,3-14H2,1-2H3;13,15-19H,3-12,14H2,1-2H3;13-18H,3-12H2,1-2H3. The van der Waals surface area contributed by atoms with Gasteiger partial charge in [-0.25, -0.2) is 8.78 Å². The largest absolute Gasteiger partial charge is 0.490 e. The fourth-order valence-corrected chi connectivity index (χ4v) is 16.9. The Morgan fingerprint density at radius 2 is 0.720 bits per heavy atom. The number of benzene rings is 3. The molecule has 0 aromatic heterocycles. The fraction of sp³-hybridized carbons (Fsp3) is 0.750. The lowest BCUT2D eigenvalue weighted by atomic mass is 9.68. The zero-order valence-electron chi connectivity index (χ0n) is 51.1. The normalized spacial score (nSPS) is 33.7. The highest BCUT2D eigenvalue weighted by molar-refractivity contribution is 5.45. The molecule has 6 aliphatic carbocycles. The van der Waals surface area contributed by atoms with E-state index in [2.05, 4.69) is 20.8 Å². The minimum atomic E-state index is -0.905. The molecule has 3 aliphatic heterocycles. The van der Waals surface area contributed by atoms with Gasteiger partial charge in [-0.2, -0.15) is 17.6 Å². The van der Waals surface area contributed by atoms with Gasteiger partial charge in [-0.05, 0) is 286 Å². The summed E-state index contributed by atoms with van der Waals surface area (Å²) in [5, 5.41) is 0. The summed E-state index contributed by atoms with van der Waals surface area (Å²) in [6.45, 7) is 13.3. The third-order valence-electron chi connectivity index (χ3n) is 22.7. The van der Waals surface area contributed by atoms with E-state index in [0.717, 1.165) is 134 Å². The summed E-state index contributed by atoms with van der Waals surface area (Å²) in [7, 11) is 0. The van der Waals surface area contributed by atoms with E-state index in [0.29, 0.717) is 42.4 Å². The van der Waals surface area contributed by atoms with Crippen LogP contribution in [0, 0.1) is 100 Å².